The zero-order valence-electron chi connectivity index (χ0n) is 14.5. The fourth-order valence-corrected chi connectivity index (χ4v) is 2.40. The Morgan fingerprint density at radius 3 is 2.29 bits per heavy atom. The summed E-state index contributed by atoms with van der Waals surface area (Å²) >= 11 is 0. The first-order valence-electron chi connectivity index (χ1n) is 8.25. The van der Waals surface area contributed by atoms with Crippen molar-refractivity contribution in [3.63, 3.8) is 0 Å². The van der Waals surface area contributed by atoms with Crippen molar-refractivity contribution in [2.75, 3.05) is 13.7 Å². The number of benzene rings is 2. The van der Waals surface area contributed by atoms with Crippen molar-refractivity contribution in [1.82, 2.24) is 5.32 Å². The lowest BCUT2D eigenvalue weighted by atomic mass is 10.1. The minimum Gasteiger partial charge on any atom is -0.493 e. The molecule has 2 rings (SSSR count). The van der Waals surface area contributed by atoms with E-state index in [1.54, 1.807) is 7.11 Å². The van der Waals surface area contributed by atoms with Crippen LogP contribution in [0.3, 0.4) is 0 Å². The lowest BCUT2D eigenvalue weighted by Gasteiger charge is -2.16. The summed E-state index contributed by atoms with van der Waals surface area (Å²) in [6.45, 7) is 4.43. The van der Waals surface area contributed by atoms with Gasteiger partial charge in [0.15, 0.2) is 11.5 Å². The second-order valence-corrected chi connectivity index (χ2v) is 5.78. The molecule has 0 aliphatic rings. The highest BCUT2D eigenvalue weighted by Crippen LogP contribution is 2.25. The van der Waals surface area contributed by atoms with Crippen molar-refractivity contribution >= 4 is 5.91 Å². The molecule has 0 heterocycles. The van der Waals surface area contributed by atoms with Gasteiger partial charge in [-0.25, -0.2) is 0 Å². The van der Waals surface area contributed by atoms with Crippen LogP contribution in [0.15, 0.2) is 48.5 Å². The van der Waals surface area contributed by atoms with Gasteiger partial charge in [-0.05, 0) is 36.6 Å². The third kappa shape index (κ3) is 5.30. The van der Waals surface area contributed by atoms with Crippen molar-refractivity contribution in [3.8, 4) is 11.5 Å². The van der Waals surface area contributed by atoms with E-state index in [0.29, 0.717) is 24.5 Å². The monoisotopic (exact) mass is 327 g/mol. The molecule has 0 saturated heterocycles. The Kier molecular flexibility index (Phi) is 6.67. The molecule has 0 aromatic heterocycles. The number of rotatable bonds is 8. The molecule has 0 radical (unpaired) electrons. The Hall–Kier alpha value is -2.49. The first-order valence-corrected chi connectivity index (χ1v) is 8.25. The van der Waals surface area contributed by atoms with E-state index in [9.17, 15) is 4.79 Å². The van der Waals surface area contributed by atoms with Gasteiger partial charge in [-0.2, -0.15) is 0 Å². The smallest absolute Gasteiger partial charge is 0.224 e. The first kappa shape index (κ1) is 17.9. The average Bonchev–Trinajstić information content (AvgIpc) is 2.60. The van der Waals surface area contributed by atoms with Crippen LogP contribution in [-0.4, -0.2) is 25.7 Å². The van der Waals surface area contributed by atoms with Crippen molar-refractivity contribution in [2.45, 2.75) is 32.7 Å². The molecule has 128 valence electrons. The fraction of sp³-hybridized carbons (Fsp3) is 0.350. The molecule has 0 aliphatic carbocycles. The number of carbonyl (C=O) groups is 1. The Balaban J connectivity index is 1.80. The van der Waals surface area contributed by atoms with Gasteiger partial charge < -0.3 is 14.8 Å². The molecule has 1 atom stereocenters. The number of aryl methyl sites for hydroxylation is 1. The summed E-state index contributed by atoms with van der Waals surface area (Å²) in [6.07, 6.45) is 1.38. The Labute approximate surface area is 143 Å². The molecule has 1 N–H and O–H groups in total. The van der Waals surface area contributed by atoms with Gasteiger partial charge in [-0.15, -0.1) is 0 Å². The molecule has 4 nitrogen and oxygen atoms in total. The van der Waals surface area contributed by atoms with E-state index in [1.165, 1.54) is 5.56 Å². The van der Waals surface area contributed by atoms with Gasteiger partial charge in [0, 0.05) is 0 Å². The lowest BCUT2D eigenvalue weighted by molar-refractivity contribution is -0.121. The zero-order chi connectivity index (χ0) is 17.4. The maximum Gasteiger partial charge on any atom is 0.224 e. The summed E-state index contributed by atoms with van der Waals surface area (Å²) in [5, 5.41) is 2.96. The second kappa shape index (κ2) is 8.96. The molecular weight excluding hydrogens is 302 g/mol. The van der Waals surface area contributed by atoms with E-state index in [-0.39, 0.29) is 11.9 Å². The van der Waals surface area contributed by atoms with Gasteiger partial charge in [-0.3, -0.25) is 4.79 Å². The van der Waals surface area contributed by atoms with Gasteiger partial charge >= 0.3 is 0 Å². The normalized spacial score (nSPS) is 11.6. The Morgan fingerprint density at radius 2 is 1.67 bits per heavy atom. The van der Waals surface area contributed by atoms with Gasteiger partial charge in [-0.1, -0.05) is 43.3 Å². The van der Waals surface area contributed by atoms with Gasteiger partial charge in [0.2, 0.25) is 5.91 Å². The maximum atomic E-state index is 12.1. The summed E-state index contributed by atoms with van der Waals surface area (Å²) in [5.74, 6) is 1.36. The van der Waals surface area contributed by atoms with Crippen molar-refractivity contribution < 1.29 is 14.3 Å². The average molecular weight is 327 g/mol. The SMILES string of the molecule is CCc1ccc(CC(=O)N[C@H](C)COc2ccccc2OC)cc1. The van der Waals surface area contributed by atoms with Crippen LogP contribution in [-0.2, 0) is 17.6 Å². The van der Waals surface area contributed by atoms with E-state index in [4.69, 9.17) is 9.47 Å². The summed E-state index contributed by atoms with van der Waals surface area (Å²) < 4.78 is 11.0. The standard InChI is InChI=1S/C20H25NO3/c1-4-16-9-11-17(12-10-16)13-20(22)21-15(2)14-24-19-8-6-5-7-18(19)23-3/h5-12,15H,4,13-14H2,1-3H3,(H,21,22)/t15-/m1/s1. The topological polar surface area (TPSA) is 47.6 Å². The fourth-order valence-electron chi connectivity index (χ4n) is 2.40. The van der Waals surface area contributed by atoms with E-state index in [1.807, 2.05) is 43.3 Å². The van der Waals surface area contributed by atoms with Crippen molar-refractivity contribution in [1.29, 1.82) is 0 Å². The molecule has 0 unspecified atom stereocenters. The van der Waals surface area contributed by atoms with Crippen LogP contribution in [0.2, 0.25) is 0 Å². The van der Waals surface area contributed by atoms with Crippen molar-refractivity contribution in [2.24, 2.45) is 0 Å². The number of amides is 1. The van der Waals surface area contributed by atoms with E-state index >= 15 is 0 Å². The van der Waals surface area contributed by atoms with E-state index < -0.39 is 0 Å². The Bertz CT molecular complexity index is 652. The number of ether oxygens (including phenoxy) is 2. The van der Waals surface area contributed by atoms with Crippen LogP contribution in [0.25, 0.3) is 0 Å². The predicted molar refractivity (Wildman–Crippen MR) is 95.6 cm³/mol. The Morgan fingerprint density at radius 1 is 1.04 bits per heavy atom. The molecule has 24 heavy (non-hydrogen) atoms. The molecule has 0 bridgehead atoms. The quantitative estimate of drug-likeness (QED) is 0.808. The van der Waals surface area contributed by atoms with Crippen LogP contribution in [0.5, 0.6) is 11.5 Å². The number of methoxy groups -OCH3 is 1. The summed E-state index contributed by atoms with van der Waals surface area (Å²) in [5.41, 5.74) is 2.29. The highest BCUT2D eigenvalue weighted by molar-refractivity contribution is 5.78. The van der Waals surface area contributed by atoms with Gasteiger partial charge in [0.25, 0.3) is 0 Å². The number of carbonyl (C=O) groups excluding carboxylic acids is 1. The molecular formula is C20H25NO3. The number of hydrogen-bond donors (Lipinski definition) is 1. The second-order valence-electron chi connectivity index (χ2n) is 5.78. The van der Waals surface area contributed by atoms with Crippen LogP contribution < -0.4 is 14.8 Å². The lowest BCUT2D eigenvalue weighted by Crippen LogP contribution is -2.37. The molecule has 2 aromatic rings. The molecule has 1 amide bonds. The van der Waals surface area contributed by atoms with Crippen LogP contribution in [0.4, 0.5) is 0 Å². The highest BCUT2D eigenvalue weighted by Gasteiger charge is 2.10. The van der Waals surface area contributed by atoms with Gasteiger partial charge in [0.05, 0.1) is 19.6 Å². The molecule has 2 aromatic carbocycles. The molecule has 4 heteroatoms. The third-order valence-electron chi connectivity index (χ3n) is 3.76. The first-order chi connectivity index (χ1) is 11.6. The largest absolute Gasteiger partial charge is 0.493 e. The molecule has 0 spiro atoms. The van der Waals surface area contributed by atoms with Crippen molar-refractivity contribution in [3.05, 3.63) is 59.7 Å². The minimum absolute atomic E-state index is 0.00428. The number of hydrogen-bond acceptors (Lipinski definition) is 3. The van der Waals surface area contributed by atoms with E-state index in [2.05, 4.69) is 24.4 Å². The third-order valence-corrected chi connectivity index (χ3v) is 3.76. The van der Waals surface area contributed by atoms with Crippen LogP contribution in [0.1, 0.15) is 25.0 Å². The van der Waals surface area contributed by atoms with E-state index in [0.717, 1.165) is 12.0 Å². The zero-order valence-corrected chi connectivity index (χ0v) is 14.5. The van der Waals surface area contributed by atoms with Gasteiger partial charge in [0.1, 0.15) is 6.61 Å². The maximum absolute atomic E-state index is 12.1. The summed E-state index contributed by atoms with van der Waals surface area (Å²) in [4.78, 5) is 12.1. The number of para-hydroxylation sites is 2. The van der Waals surface area contributed by atoms with Crippen LogP contribution in [0, 0.1) is 0 Å². The minimum atomic E-state index is -0.0858. The molecule has 0 aliphatic heterocycles. The number of nitrogens with one attached hydrogen (secondary N) is 1. The predicted octanol–water partition coefficient (Wildman–Crippen LogP) is 3.38. The summed E-state index contributed by atoms with van der Waals surface area (Å²) in [7, 11) is 1.61. The summed E-state index contributed by atoms with van der Waals surface area (Å²) in [6, 6.07) is 15.5. The highest BCUT2D eigenvalue weighted by atomic mass is 16.5. The molecule has 0 fully saturated rings. The molecule has 0 saturated carbocycles. The van der Waals surface area contributed by atoms with Crippen LogP contribution >= 0.6 is 0 Å².